The van der Waals surface area contributed by atoms with Gasteiger partial charge in [0.1, 0.15) is 6.61 Å². The molecule has 0 amide bonds. The SMILES string of the molecule is CC(=CC(=O)OCC(CO)(CO)COCC(CO)(CO)CO)CCCC(C)CCCC(C)CCCC(C)C. The van der Waals surface area contributed by atoms with Crippen LogP contribution in [0.1, 0.15) is 92.4 Å². The number of rotatable bonds is 24. The number of carbonyl (C=O) groups is 1. The van der Waals surface area contributed by atoms with Gasteiger partial charge in [-0.15, -0.1) is 0 Å². The molecule has 2 unspecified atom stereocenters. The van der Waals surface area contributed by atoms with E-state index in [0.29, 0.717) is 5.92 Å². The monoisotopic (exact) mass is 546 g/mol. The minimum absolute atomic E-state index is 0.174. The number of hydrogen-bond donors (Lipinski definition) is 5. The Balaban J connectivity index is 4.38. The molecule has 0 rings (SSSR count). The molecule has 0 saturated carbocycles. The first kappa shape index (κ1) is 37.0. The van der Waals surface area contributed by atoms with Crippen molar-refractivity contribution in [3.05, 3.63) is 11.6 Å². The van der Waals surface area contributed by atoms with E-state index < -0.39 is 49.8 Å². The van der Waals surface area contributed by atoms with E-state index in [-0.39, 0.29) is 19.8 Å². The van der Waals surface area contributed by atoms with E-state index in [0.717, 1.165) is 36.7 Å². The van der Waals surface area contributed by atoms with Crippen molar-refractivity contribution in [2.75, 3.05) is 52.9 Å². The molecule has 0 aliphatic heterocycles. The van der Waals surface area contributed by atoms with Gasteiger partial charge >= 0.3 is 5.97 Å². The molecule has 0 aromatic rings. The Morgan fingerprint density at radius 2 is 1.13 bits per heavy atom. The van der Waals surface area contributed by atoms with Crippen LogP contribution in [0.25, 0.3) is 0 Å². The Labute approximate surface area is 231 Å². The number of esters is 1. The van der Waals surface area contributed by atoms with Crippen molar-refractivity contribution in [1.82, 2.24) is 0 Å². The van der Waals surface area contributed by atoms with Gasteiger partial charge in [0.05, 0.1) is 57.1 Å². The quantitative estimate of drug-likeness (QED) is 0.0909. The summed E-state index contributed by atoms with van der Waals surface area (Å²) in [6.45, 7) is 8.10. The van der Waals surface area contributed by atoms with E-state index in [1.54, 1.807) is 0 Å². The molecular formula is C30H58O8. The minimum Gasteiger partial charge on any atom is -0.462 e. The van der Waals surface area contributed by atoms with Crippen LogP contribution >= 0.6 is 0 Å². The summed E-state index contributed by atoms with van der Waals surface area (Å²) in [5.41, 5.74) is -1.53. The minimum atomic E-state index is -1.23. The van der Waals surface area contributed by atoms with Crippen LogP contribution in [0.2, 0.25) is 0 Å². The molecule has 0 aliphatic rings. The van der Waals surface area contributed by atoms with Crippen LogP contribution in [0.4, 0.5) is 0 Å². The smallest absolute Gasteiger partial charge is 0.330 e. The fourth-order valence-electron chi connectivity index (χ4n) is 4.29. The summed E-state index contributed by atoms with van der Waals surface area (Å²) in [4.78, 5) is 12.3. The Bertz CT molecular complexity index is 617. The van der Waals surface area contributed by atoms with E-state index in [1.165, 1.54) is 44.6 Å². The normalized spacial score (nSPS) is 14.7. The highest BCUT2D eigenvalue weighted by atomic mass is 16.5. The van der Waals surface area contributed by atoms with Gasteiger partial charge in [0.25, 0.3) is 0 Å². The summed E-state index contributed by atoms with van der Waals surface area (Å²) in [7, 11) is 0. The topological polar surface area (TPSA) is 137 Å². The van der Waals surface area contributed by atoms with Crippen molar-refractivity contribution in [1.29, 1.82) is 0 Å². The maximum absolute atomic E-state index is 12.3. The van der Waals surface area contributed by atoms with Crippen LogP contribution in [0.5, 0.6) is 0 Å². The van der Waals surface area contributed by atoms with Crippen molar-refractivity contribution in [2.24, 2.45) is 28.6 Å². The van der Waals surface area contributed by atoms with Gasteiger partial charge in [-0.3, -0.25) is 0 Å². The Kier molecular flexibility index (Phi) is 20.3. The zero-order chi connectivity index (χ0) is 29.0. The van der Waals surface area contributed by atoms with E-state index in [1.807, 2.05) is 6.92 Å². The second-order valence-electron chi connectivity index (χ2n) is 12.2. The van der Waals surface area contributed by atoms with Gasteiger partial charge in [0.2, 0.25) is 0 Å². The lowest BCUT2D eigenvalue weighted by Gasteiger charge is -2.32. The lowest BCUT2D eigenvalue weighted by atomic mass is 9.90. The predicted octanol–water partition coefficient (Wildman–Crippen LogP) is 3.87. The van der Waals surface area contributed by atoms with Gasteiger partial charge in [0, 0.05) is 6.08 Å². The Hall–Kier alpha value is -1.03. The van der Waals surface area contributed by atoms with Crippen molar-refractivity contribution >= 4 is 5.97 Å². The second-order valence-corrected chi connectivity index (χ2v) is 12.2. The van der Waals surface area contributed by atoms with Gasteiger partial charge in [-0.25, -0.2) is 4.79 Å². The van der Waals surface area contributed by atoms with E-state index in [9.17, 15) is 30.3 Å². The van der Waals surface area contributed by atoms with Gasteiger partial charge < -0.3 is 35.0 Å². The molecule has 38 heavy (non-hydrogen) atoms. The first-order chi connectivity index (χ1) is 18.0. The number of aliphatic hydroxyl groups is 5. The second kappa shape index (κ2) is 20.8. The van der Waals surface area contributed by atoms with Crippen molar-refractivity contribution < 1.29 is 39.8 Å². The van der Waals surface area contributed by atoms with Gasteiger partial charge in [0.15, 0.2) is 0 Å². The molecule has 0 saturated heterocycles. The zero-order valence-corrected chi connectivity index (χ0v) is 24.8. The molecule has 2 atom stereocenters. The summed E-state index contributed by atoms with van der Waals surface area (Å²) in [5, 5.41) is 47.8. The molecular weight excluding hydrogens is 488 g/mol. The largest absolute Gasteiger partial charge is 0.462 e. The Morgan fingerprint density at radius 3 is 1.61 bits per heavy atom. The van der Waals surface area contributed by atoms with Crippen molar-refractivity contribution in [2.45, 2.75) is 92.4 Å². The van der Waals surface area contributed by atoms with Crippen LogP contribution in [-0.2, 0) is 14.3 Å². The van der Waals surface area contributed by atoms with Crippen LogP contribution < -0.4 is 0 Å². The molecule has 0 radical (unpaired) electrons. The molecule has 0 heterocycles. The highest BCUT2D eigenvalue weighted by molar-refractivity contribution is 5.82. The van der Waals surface area contributed by atoms with Crippen LogP contribution in [-0.4, -0.2) is 84.4 Å². The fraction of sp³-hybridized carbons (Fsp3) is 0.900. The summed E-state index contributed by atoms with van der Waals surface area (Å²) >= 11 is 0. The molecule has 0 aromatic heterocycles. The lowest BCUT2D eigenvalue weighted by Crippen LogP contribution is -2.44. The number of aliphatic hydroxyl groups excluding tert-OH is 5. The summed E-state index contributed by atoms with van der Waals surface area (Å²) < 4.78 is 10.8. The number of carbonyl (C=O) groups excluding carboxylic acids is 1. The van der Waals surface area contributed by atoms with E-state index in [2.05, 4.69) is 27.7 Å². The van der Waals surface area contributed by atoms with Crippen LogP contribution in [0, 0.1) is 28.6 Å². The highest BCUT2D eigenvalue weighted by Gasteiger charge is 2.34. The number of ether oxygens (including phenoxy) is 2. The molecule has 0 aromatic carbocycles. The third-order valence-corrected chi connectivity index (χ3v) is 7.52. The van der Waals surface area contributed by atoms with Gasteiger partial charge in [-0.2, -0.15) is 0 Å². The Morgan fingerprint density at radius 1 is 0.684 bits per heavy atom. The maximum atomic E-state index is 12.3. The third-order valence-electron chi connectivity index (χ3n) is 7.52. The summed E-state index contributed by atoms with van der Waals surface area (Å²) in [6.07, 6.45) is 12.2. The summed E-state index contributed by atoms with van der Waals surface area (Å²) in [5.74, 6) is 1.72. The number of allylic oxidation sites excluding steroid dienone is 1. The number of hydrogen-bond acceptors (Lipinski definition) is 8. The first-order valence-corrected chi connectivity index (χ1v) is 14.5. The lowest BCUT2D eigenvalue weighted by molar-refractivity contribution is -0.149. The fourth-order valence-corrected chi connectivity index (χ4v) is 4.29. The maximum Gasteiger partial charge on any atom is 0.330 e. The first-order valence-electron chi connectivity index (χ1n) is 14.5. The van der Waals surface area contributed by atoms with Crippen LogP contribution in [0.3, 0.4) is 0 Å². The third kappa shape index (κ3) is 16.2. The summed E-state index contributed by atoms with van der Waals surface area (Å²) in [6, 6.07) is 0. The predicted molar refractivity (Wildman–Crippen MR) is 151 cm³/mol. The molecule has 0 spiro atoms. The zero-order valence-electron chi connectivity index (χ0n) is 24.8. The van der Waals surface area contributed by atoms with Crippen molar-refractivity contribution in [3.8, 4) is 0 Å². The average Bonchev–Trinajstić information content (AvgIpc) is 2.88. The van der Waals surface area contributed by atoms with Gasteiger partial charge in [-0.1, -0.05) is 78.2 Å². The average molecular weight is 547 g/mol. The molecule has 0 fully saturated rings. The van der Waals surface area contributed by atoms with Crippen molar-refractivity contribution in [3.63, 3.8) is 0 Å². The molecule has 5 N–H and O–H groups in total. The van der Waals surface area contributed by atoms with E-state index >= 15 is 0 Å². The molecule has 8 heteroatoms. The highest BCUT2D eigenvalue weighted by Crippen LogP contribution is 2.23. The molecule has 0 aliphatic carbocycles. The van der Waals surface area contributed by atoms with Crippen LogP contribution in [0.15, 0.2) is 11.6 Å². The van der Waals surface area contributed by atoms with Gasteiger partial charge in [-0.05, 0) is 37.5 Å². The van der Waals surface area contributed by atoms with E-state index in [4.69, 9.17) is 9.47 Å². The molecule has 8 nitrogen and oxygen atoms in total. The standard InChI is InChI=1S/C30H58O8/c1-24(2)9-6-10-25(3)11-7-12-26(4)13-8-14-27(5)15-28(36)38-23-30(19-34,20-35)22-37-21-29(16-31,17-32)18-33/h15,24-26,31-35H,6-14,16-23H2,1-5H3. The molecule has 226 valence electrons. The molecule has 0 bridgehead atoms.